The van der Waals surface area contributed by atoms with Crippen LogP contribution in [0.15, 0.2) is 42.9 Å². The van der Waals surface area contributed by atoms with Crippen molar-refractivity contribution in [2.75, 3.05) is 7.05 Å². The molecule has 1 aliphatic heterocycles. The van der Waals surface area contributed by atoms with E-state index in [0.29, 0.717) is 6.04 Å². The summed E-state index contributed by atoms with van der Waals surface area (Å²) in [5.74, 6) is 0. The maximum absolute atomic E-state index is 5.43. The van der Waals surface area contributed by atoms with Crippen molar-refractivity contribution in [1.82, 2.24) is 19.8 Å². The Morgan fingerprint density at radius 3 is 2.71 bits per heavy atom. The van der Waals surface area contributed by atoms with Gasteiger partial charge in [-0.15, -0.1) is 0 Å². The molecule has 3 heterocycles. The number of hydrogen-bond acceptors (Lipinski definition) is 2. The van der Waals surface area contributed by atoms with Crippen molar-refractivity contribution in [3.05, 3.63) is 54.1 Å². The molecule has 5 heteroatoms. The lowest BCUT2D eigenvalue weighted by molar-refractivity contribution is 0.368. The fourth-order valence-corrected chi connectivity index (χ4v) is 3.04. The van der Waals surface area contributed by atoms with E-state index in [-0.39, 0.29) is 12.1 Å². The Balaban J connectivity index is 1.98. The standard InChI is InChI=1S/C16H20N4S/c1-11(2)20-9-7-12(10-20)15-14(18-16(21)19(15)3)13-6-4-5-8-17-13/h4-11,14-15H,1-3H3,(H,18,21)/t14-,15-/m0/s1. The van der Waals surface area contributed by atoms with Crippen LogP contribution in [0, 0.1) is 0 Å². The molecule has 2 atom stereocenters. The molecule has 2 aromatic heterocycles. The number of likely N-dealkylation sites (N-methyl/N-ethyl adjacent to an activating group) is 1. The lowest BCUT2D eigenvalue weighted by atomic mass is 9.99. The topological polar surface area (TPSA) is 33.1 Å². The summed E-state index contributed by atoms with van der Waals surface area (Å²) in [6.45, 7) is 4.36. The van der Waals surface area contributed by atoms with Crippen molar-refractivity contribution in [3.8, 4) is 0 Å². The highest BCUT2D eigenvalue weighted by molar-refractivity contribution is 7.80. The fourth-order valence-electron chi connectivity index (χ4n) is 2.80. The van der Waals surface area contributed by atoms with Crippen LogP contribution in [0.4, 0.5) is 0 Å². The molecule has 0 unspecified atom stereocenters. The predicted molar refractivity (Wildman–Crippen MR) is 88.0 cm³/mol. The minimum Gasteiger partial charge on any atom is -0.352 e. The number of hydrogen-bond donors (Lipinski definition) is 1. The largest absolute Gasteiger partial charge is 0.352 e. The molecule has 21 heavy (non-hydrogen) atoms. The van der Waals surface area contributed by atoms with E-state index in [1.54, 1.807) is 0 Å². The van der Waals surface area contributed by atoms with Crippen molar-refractivity contribution in [3.63, 3.8) is 0 Å². The number of thiocarbonyl (C=S) groups is 1. The smallest absolute Gasteiger partial charge is 0.169 e. The molecule has 1 aliphatic rings. The summed E-state index contributed by atoms with van der Waals surface area (Å²) in [6.07, 6.45) is 6.16. The summed E-state index contributed by atoms with van der Waals surface area (Å²) >= 11 is 5.43. The Bertz CT molecular complexity index is 635. The van der Waals surface area contributed by atoms with Crippen LogP contribution in [-0.2, 0) is 0 Å². The van der Waals surface area contributed by atoms with Crippen molar-refractivity contribution < 1.29 is 0 Å². The summed E-state index contributed by atoms with van der Waals surface area (Å²) < 4.78 is 2.22. The molecule has 0 radical (unpaired) electrons. The Hall–Kier alpha value is -1.88. The zero-order valence-corrected chi connectivity index (χ0v) is 13.3. The van der Waals surface area contributed by atoms with Gasteiger partial charge in [-0.3, -0.25) is 4.98 Å². The highest BCUT2D eigenvalue weighted by Crippen LogP contribution is 2.37. The van der Waals surface area contributed by atoms with Crippen LogP contribution >= 0.6 is 12.2 Å². The molecule has 1 N–H and O–H groups in total. The van der Waals surface area contributed by atoms with Crippen LogP contribution in [0.1, 0.15) is 43.2 Å². The second-order valence-corrected chi connectivity index (χ2v) is 6.11. The minimum absolute atomic E-state index is 0.0895. The van der Waals surface area contributed by atoms with Gasteiger partial charge in [0.15, 0.2) is 5.11 Å². The molecule has 3 rings (SSSR count). The molecular weight excluding hydrogens is 280 g/mol. The zero-order chi connectivity index (χ0) is 15.0. The van der Waals surface area contributed by atoms with Gasteiger partial charge in [0.05, 0.1) is 17.8 Å². The van der Waals surface area contributed by atoms with E-state index >= 15 is 0 Å². The van der Waals surface area contributed by atoms with Gasteiger partial charge in [0.1, 0.15) is 0 Å². The number of rotatable bonds is 3. The number of nitrogens with zero attached hydrogens (tertiary/aromatic N) is 3. The van der Waals surface area contributed by atoms with Gasteiger partial charge in [-0.25, -0.2) is 0 Å². The number of nitrogens with one attached hydrogen (secondary N) is 1. The van der Waals surface area contributed by atoms with Gasteiger partial charge < -0.3 is 14.8 Å². The lowest BCUT2D eigenvalue weighted by Gasteiger charge is -2.23. The fraction of sp³-hybridized carbons (Fsp3) is 0.375. The van der Waals surface area contributed by atoms with E-state index in [1.165, 1.54) is 5.56 Å². The maximum Gasteiger partial charge on any atom is 0.169 e. The van der Waals surface area contributed by atoms with Crippen molar-refractivity contribution >= 4 is 17.3 Å². The molecule has 2 aromatic rings. The van der Waals surface area contributed by atoms with Crippen LogP contribution < -0.4 is 5.32 Å². The van der Waals surface area contributed by atoms with E-state index in [1.807, 2.05) is 31.4 Å². The molecule has 0 spiro atoms. The Morgan fingerprint density at radius 2 is 2.10 bits per heavy atom. The van der Waals surface area contributed by atoms with Crippen LogP contribution in [0.25, 0.3) is 0 Å². The first-order chi connectivity index (χ1) is 10.1. The van der Waals surface area contributed by atoms with Crippen molar-refractivity contribution in [2.24, 2.45) is 0 Å². The third-order valence-electron chi connectivity index (χ3n) is 4.01. The molecule has 0 aromatic carbocycles. The van der Waals surface area contributed by atoms with E-state index in [4.69, 9.17) is 12.2 Å². The molecule has 1 saturated heterocycles. The van der Waals surface area contributed by atoms with Gasteiger partial charge in [0.2, 0.25) is 0 Å². The summed E-state index contributed by atoms with van der Waals surface area (Å²) in [7, 11) is 2.04. The highest BCUT2D eigenvalue weighted by atomic mass is 32.1. The number of aromatic nitrogens is 2. The highest BCUT2D eigenvalue weighted by Gasteiger charge is 2.37. The molecule has 110 valence electrons. The second kappa shape index (κ2) is 5.48. The summed E-state index contributed by atoms with van der Waals surface area (Å²) in [4.78, 5) is 6.61. The van der Waals surface area contributed by atoms with Gasteiger partial charge in [0.25, 0.3) is 0 Å². The molecule has 4 nitrogen and oxygen atoms in total. The molecule has 0 aliphatic carbocycles. The van der Waals surface area contributed by atoms with E-state index in [2.05, 4.69) is 52.1 Å². The van der Waals surface area contributed by atoms with Gasteiger partial charge in [0, 0.05) is 31.7 Å². The molecule has 0 amide bonds. The van der Waals surface area contributed by atoms with E-state index < -0.39 is 0 Å². The van der Waals surface area contributed by atoms with Crippen LogP contribution in [0.5, 0.6) is 0 Å². The molecular formula is C16H20N4S. The average molecular weight is 300 g/mol. The Morgan fingerprint density at radius 1 is 1.29 bits per heavy atom. The molecule has 0 bridgehead atoms. The number of pyridine rings is 1. The van der Waals surface area contributed by atoms with Gasteiger partial charge in [-0.05, 0) is 49.8 Å². The first-order valence-electron chi connectivity index (χ1n) is 7.19. The molecule has 1 fully saturated rings. The SMILES string of the molecule is CC(C)n1ccc([C@H]2[C@H](c3ccccn3)NC(=S)N2C)c1. The monoisotopic (exact) mass is 300 g/mol. The predicted octanol–water partition coefficient (Wildman–Crippen LogP) is 3.07. The van der Waals surface area contributed by atoms with E-state index in [0.717, 1.165) is 10.8 Å². The third kappa shape index (κ3) is 2.53. The maximum atomic E-state index is 5.43. The quantitative estimate of drug-likeness (QED) is 0.883. The Kier molecular flexibility index (Phi) is 3.68. The lowest BCUT2D eigenvalue weighted by Crippen LogP contribution is -2.24. The summed E-state index contributed by atoms with van der Waals surface area (Å²) in [6, 6.07) is 8.89. The summed E-state index contributed by atoms with van der Waals surface area (Å²) in [5.41, 5.74) is 2.28. The van der Waals surface area contributed by atoms with Crippen molar-refractivity contribution in [2.45, 2.75) is 32.0 Å². The van der Waals surface area contributed by atoms with Gasteiger partial charge >= 0.3 is 0 Å². The van der Waals surface area contributed by atoms with E-state index in [9.17, 15) is 0 Å². The average Bonchev–Trinajstić information content (AvgIpc) is 3.06. The summed E-state index contributed by atoms with van der Waals surface area (Å²) in [5, 5.41) is 4.16. The zero-order valence-electron chi connectivity index (χ0n) is 12.5. The van der Waals surface area contributed by atoms with Crippen LogP contribution in [-0.4, -0.2) is 26.6 Å². The second-order valence-electron chi connectivity index (χ2n) is 5.72. The van der Waals surface area contributed by atoms with Gasteiger partial charge in [-0.1, -0.05) is 6.07 Å². The first-order valence-corrected chi connectivity index (χ1v) is 7.60. The van der Waals surface area contributed by atoms with Gasteiger partial charge in [-0.2, -0.15) is 0 Å². The third-order valence-corrected chi connectivity index (χ3v) is 4.42. The van der Waals surface area contributed by atoms with Crippen LogP contribution in [0.3, 0.4) is 0 Å². The molecule has 0 saturated carbocycles. The van der Waals surface area contributed by atoms with Crippen LogP contribution in [0.2, 0.25) is 0 Å². The Labute approximate surface area is 130 Å². The van der Waals surface area contributed by atoms with Crippen molar-refractivity contribution in [1.29, 1.82) is 0 Å². The normalized spacial score (nSPS) is 21.9. The minimum atomic E-state index is 0.0895. The first kappa shape index (κ1) is 14.1.